The first-order valence-corrected chi connectivity index (χ1v) is 6.41. The van der Waals surface area contributed by atoms with Gasteiger partial charge in [-0.15, -0.1) is 0 Å². The van der Waals surface area contributed by atoms with E-state index in [1.54, 1.807) is 7.11 Å². The van der Waals surface area contributed by atoms with Gasteiger partial charge in [-0.1, -0.05) is 30.3 Å². The Kier molecular flexibility index (Phi) is 6.33. The number of ether oxygens (including phenoxy) is 2. The number of aliphatic hydroxyl groups excluding tert-OH is 1. The van der Waals surface area contributed by atoms with Crippen LogP contribution < -0.4 is 0 Å². The van der Waals surface area contributed by atoms with Gasteiger partial charge in [0.2, 0.25) is 0 Å². The molecule has 0 aliphatic heterocycles. The molecule has 1 N–H and O–H groups in total. The van der Waals surface area contributed by atoms with Crippen molar-refractivity contribution >= 4 is 0 Å². The normalized spacial score (nSPS) is 13.6. The molecule has 0 amide bonds. The number of hydrogen-bond donors (Lipinski definition) is 1. The van der Waals surface area contributed by atoms with Gasteiger partial charge in [0.1, 0.15) is 0 Å². The lowest BCUT2D eigenvalue weighted by atomic mass is 10.1. The van der Waals surface area contributed by atoms with E-state index in [0.717, 1.165) is 12.0 Å². The number of hydrogen-bond acceptors (Lipinski definition) is 3. The molecule has 0 aliphatic carbocycles. The Labute approximate surface area is 110 Å². The van der Waals surface area contributed by atoms with E-state index in [4.69, 9.17) is 9.47 Å². The maximum absolute atomic E-state index is 9.92. The number of methoxy groups -OCH3 is 1. The molecule has 0 saturated carbocycles. The van der Waals surface area contributed by atoms with Crippen molar-refractivity contribution in [2.45, 2.75) is 38.4 Å². The van der Waals surface area contributed by atoms with Crippen LogP contribution in [0.4, 0.5) is 0 Å². The highest BCUT2D eigenvalue weighted by Crippen LogP contribution is 2.16. The highest BCUT2D eigenvalue weighted by atomic mass is 16.5. The summed E-state index contributed by atoms with van der Waals surface area (Å²) < 4.78 is 10.8. The van der Waals surface area contributed by atoms with Gasteiger partial charge in [-0.25, -0.2) is 0 Å². The third kappa shape index (κ3) is 5.63. The number of rotatable bonds is 8. The lowest BCUT2D eigenvalue weighted by molar-refractivity contribution is -0.0134. The number of aliphatic hydroxyl groups is 1. The fraction of sp³-hybridized carbons (Fsp3) is 0.600. The van der Waals surface area contributed by atoms with Crippen molar-refractivity contribution in [2.75, 3.05) is 20.3 Å². The van der Waals surface area contributed by atoms with Crippen molar-refractivity contribution in [1.29, 1.82) is 0 Å². The summed E-state index contributed by atoms with van der Waals surface area (Å²) >= 11 is 0. The van der Waals surface area contributed by atoms with Crippen LogP contribution in [0.3, 0.4) is 0 Å². The zero-order chi connectivity index (χ0) is 13.4. The van der Waals surface area contributed by atoms with E-state index in [1.165, 1.54) is 0 Å². The van der Waals surface area contributed by atoms with Crippen LogP contribution in [0.25, 0.3) is 0 Å². The zero-order valence-electron chi connectivity index (χ0n) is 11.6. The second-order valence-electron chi connectivity index (χ2n) is 5.04. The summed E-state index contributed by atoms with van der Waals surface area (Å²) in [4.78, 5) is 0. The Balaban J connectivity index is 2.15. The van der Waals surface area contributed by atoms with Crippen molar-refractivity contribution in [3.63, 3.8) is 0 Å². The standard InChI is InChI=1S/C15H24O3/c1-15(2,17-3)10-12-18-11-9-14(16)13-7-5-4-6-8-13/h4-8,14,16H,9-12H2,1-3H3. The second kappa shape index (κ2) is 7.52. The molecule has 0 heterocycles. The first-order valence-electron chi connectivity index (χ1n) is 6.41. The molecule has 0 bridgehead atoms. The summed E-state index contributed by atoms with van der Waals surface area (Å²) in [7, 11) is 1.71. The lowest BCUT2D eigenvalue weighted by Gasteiger charge is -2.22. The molecule has 3 heteroatoms. The molecule has 18 heavy (non-hydrogen) atoms. The Morgan fingerprint density at radius 3 is 2.44 bits per heavy atom. The van der Waals surface area contributed by atoms with Crippen LogP contribution in [0.5, 0.6) is 0 Å². The predicted octanol–water partition coefficient (Wildman–Crippen LogP) is 2.94. The van der Waals surface area contributed by atoms with Gasteiger partial charge in [0.25, 0.3) is 0 Å². The first-order chi connectivity index (χ1) is 8.55. The molecule has 0 aliphatic rings. The average molecular weight is 252 g/mol. The van der Waals surface area contributed by atoms with Gasteiger partial charge < -0.3 is 14.6 Å². The van der Waals surface area contributed by atoms with Crippen molar-refractivity contribution in [3.05, 3.63) is 35.9 Å². The van der Waals surface area contributed by atoms with Gasteiger partial charge in [-0.3, -0.25) is 0 Å². The number of benzene rings is 1. The molecule has 0 radical (unpaired) electrons. The fourth-order valence-electron chi connectivity index (χ4n) is 1.56. The summed E-state index contributed by atoms with van der Waals surface area (Å²) in [6, 6.07) is 9.66. The summed E-state index contributed by atoms with van der Waals surface area (Å²) in [6.07, 6.45) is 1.03. The Morgan fingerprint density at radius 1 is 1.17 bits per heavy atom. The summed E-state index contributed by atoms with van der Waals surface area (Å²) in [6.45, 7) is 5.29. The van der Waals surface area contributed by atoms with Gasteiger partial charge in [-0.05, 0) is 25.8 Å². The van der Waals surface area contributed by atoms with Crippen molar-refractivity contribution in [1.82, 2.24) is 0 Å². The average Bonchev–Trinajstić information content (AvgIpc) is 2.39. The van der Waals surface area contributed by atoms with Crippen LogP contribution in [0.1, 0.15) is 38.4 Å². The van der Waals surface area contributed by atoms with Crippen molar-refractivity contribution < 1.29 is 14.6 Å². The van der Waals surface area contributed by atoms with Gasteiger partial charge >= 0.3 is 0 Å². The van der Waals surface area contributed by atoms with E-state index < -0.39 is 6.10 Å². The van der Waals surface area contributed by atoms with E-state index in [-0.39, 0.29) is 5.60 Å². The summed E-state index contributed by atoms with van der Waals surface area (Å²) in [5, 5.41) is 9.92. The van der Waals surface area contributed by atoms with Crippen molar-refractivity contribution in [2.24, 2.45) is 0 Å². The minimum absolute atomic E-state index is 0.141. The largest absolute Gasteiger partial charge is 0.388 e. The molecule has 1 aromatic rings. The van der Waals surface area contributed by atoms with Crippen LogP contribution in [0.2, 0.25) is 0 Å². The Hall–Kier alpha value is -0.900. The maximum Gasteiger partial charge on any atom is 0.0812 e. The quantitative estimate of drug-likeness (QED) is 0.723. The molecule has 0 spiro atoms. The molecule has 1 rings (SSSR count). The third-order valence-electron chi connectivity index (χ3n) is 3.12. The topological polar surface area (TPSA) is 38.7 Å². The molecule has 1 atom stereocenters. The second-order valence-corrected chi connectivity index (χ2v) is 5.04. The minimum atomic E-state index is -0.443. The van der Waals surface area contributed by atoms with Crippen LogP contribution in [-0.2, 0) is 9.47 Å². The molecule has 0 fully saturated rings. The predicted molar refractivity (Wildman–Crippen MR) is 72.5 cm³/mol. The molecule has 102 valence electrons. The van der Waals surface area contributed by atoms with Crippen molar-refractivity contribution in [3.8, 4) is 0 Å². The Morgan fingerprint density at radius 2 is 1.83 bits per heavy atom. The molecule has 0 saturated heterocycles. The third-order valence-corrected chi connectivity index (χ3v) is 3.12. The van der Waals surface area contributed by atoms with E-state index in [2.05, 4.69) is 0 Å². The summed E-state index contributed by atoms with van der Waals surface area (Å²) in [5.74, 6) is 0. The highest BCUT2D eigenvalue weighted by Gasteiger charge is 2.15. The van der Waals surface area contributed by atoms with E-state index in [0.29, 0.717) is 19.6 Å². The van der Waals surface area contributed by atoms with E-state index in [9.17, 15) is 5.11 Å². The summed E-state index contributed by atoms with van der Waals surface area (Å²) in [5.41, 5.74) is 0.802. The maximum atomic E-state index is 9.92. The van der Waals surface area contributed by atoms with Crippen LogP contribution >= 0.6 is 0 Å². The van der Waals surface area contributed by atoms with Gasteiger partial charge in [0, 0.05) is 26.7 Å². The molecule has 0 aromatic heterocycles. The molecular weight excluding hydrogens is 228 g/mol. The molecule has 1 unspecified atom stereocenters. The SMILES string of the molecule is COC(C)(C)CCOCCC(O)c1ccccc1. The first kappa shape index (κ1) is 15.2. The van der Waals surface area contributed by atoms with E-state index in [1.807, 2.05) is 44.2 Å². The molecule has 1 aromatic carbocycles. The monoisotopic (exact) mass is 252 g/mol. The van der Waals surface area contributed by atoms with Gasteiger partial charge in [-0.2, -0.15) is 0 Å². The van der Waals surface area contributed by atoms with Crippen LogP contribution in [-0.4, -0.2) is 31.0 Å². The molecular formula is C15H24O3. The lowest BCUT2D eigenvalue weighted by Crippen LogP contribution is -2.24. The highest BCUT2D eigenvalue weighted by molar-refractivity contribution is 5.16. The van der Waals surface area contributed by atoms with Gasteiger partial charge in [0.05, 0.1) is 11.7 Å². The Bertz CT molecular complexity index is 322. The van der Waals surface area contributed by atoms with Gasteiger partial charge in [0.15, 0.2) is 0 Å². The van der Waals surface area contributed by atoms with E-state index >= 15 is 0 Å². The van der Waals surface area contributed by atoms with Crippen LogP contribution in [0, 0.1) is 0 Å². The zero-order valence-corrected chi connectivity index (χ0v) is 11.6. The minimum Gasteiger partial charge on any atom is -0.388 e. The van der Waals surface area contributed by atoms with Crippen LogP contribution in [0.15, 0.2) is 30.3 Å². The molecule has 3 nitrogen and oxygen atoms in total. The fourth-order valence-corrected chi connectivity index (χ4v) is 1.56. The smallest absolute Gasteiger partial charge is 0.0812 e.